The van der Waals surface area contributed by atoms with Crippen LogP contribution in [-0.4, -0.2) is 49.7 Å². The fourth-order valence-electron chi connectivity index (χ4n) is 2.65. The van der Waals surface area contributed by atoms with Gasteiger partial charge in [0, 0.05) is 11.3 Å². The lowest BCUT2D eigenvalue weighted by atomic mass is 10.1. The molecule has 0 aliphatic heterocycles. The van der Waals surface area contributed by atoms with Crippen molar-refractivity contribution in [1.82, 2.24) is 30.5 Å². The molecule has 0 fully saturated rings. The van der Waals surface area contributed by atoms with Crippen LogP contribution in [0.15, 0.2) is 33.8 Å². The van der Waals surface area contributed by atoms with Crippen molar-refractivity contribution in [2.45, 2.75) is 49.3 Å². The third kappa shape index (κ3) is 6.64. The van der Waals surface area contributed by atoms with Crippen LogP contribution in [0.1, 0.15) is 23.9 Å². The number of ether oxygens (including phenoxy) is 1. The normalized spacial score (nSPS) is 11.9. The molecule has 9 nitrogen and oxygen atoms in total. The Morgan fingerprint density at radius 2 is 2.06 bits per heavy atom. The Kier molecular flexibility index (Phi) is 8.85. The number of hydrogen-bond donors (Lipinski definition) is 1. The van der Waals surface area contributed by atoms with Gasteiger partial charge in [-0.2, -0.15) is 4.80 Å². The van der Waals surface area contributed by atoms with Gasteiger partial charge < -0.3 is 10.1 Å². The van der Waals surface area contributed by atoms with Gasteiger partial charge in [0.15, 0.2) is 5.78 Å². The van der Waals surface area contributed by atoms with Crippen molar-refractivity contribution in [3.8, 4) is 0 Å². The summed E-state index contributed by atoms with van der Waals surface area (Å²) >= 11 is 15.0. The summed E-state index contributed by atoms with van der Waals surface area (Å²) in [7, 11) is 0. The maximum atomic E-state index is 12.6. The largest absolute Gasteiger partial charge is 0.449 e. The first-order chi connectivity index (χ1) is 15.4. The summed E-state index contributed by atoms with van der Waals surface area (Å²) < 4.78 is 5.19. The number of nitrogens with zero attached hydrogens (tertiary/aromatic N) is 5. The number of benzene rings is 1. The number of Topliss-reactive ketones (excluding diaryl/α,β-unsaturated/α-hetero) is 1. The molecule has 13 heteroatoms. The zero-order valence-electron chi connectivity index (χ0n) is 17.2. The van der Waals surface area contributed by atoms with E-state index in [2.05, 4.69) is 25.7 Å². The minimum Gasteiger partial charge on any atom is -0.449 e. The molecule has 1 unspecified atom stereocenters. The highest BCUT2D eigenvalue weighted by Gasteiger charge is 2.21. The topological polar surface area (TPSA) is 112 Å². The molecule has 0 radical (unpaired) electrons. The number of alkyl carbamates (subject to hydrolysis) is 1. The van der Waals surface area contributed by atoms with Gasteiger partial charge in [-0.25, -0.2) is 9.78 Å². The second kappa shape index (κ2) is 11.6. The molecule has 1 aromatic carbocycles. The lowest BCUT2D eigenvalue weighted by Crippen LogP contribution is -2.42. The monoisotopic (exact) mass is 514 g/mol. The number of halogens is 2. The minimum absolute atomic E-state index is 0.150. The first-order valence-electron chi connectivity index (χ1n) is 9.62. The summed E-state index contributed by atoms with van der Waals surface area (Å²) in [5, 5.41) is 15.8. The van der Waals surface area contributed by atoms with Crippen LogP contribution in [-0.2, 0) is 22.5 Å². The average molecular weight is 515 g/mol. The van der Waals surface area contributed by atoms with Gasteiger partial charge in [-0.3, -0.25) is 4.79 Å². The Morgan fingerprint density at radius 3 is 2.72 bits per heavy atom. The number of hydrogen-bond acceptors (Lipinski definition) is 9. The standard InChI is InChI=1S/C19H20Cl2N6O3S2/c1-3-14(23-19(29)30-8-7-16-11(2)22-10-31-16)15(28)9-27-25-18(24-26-27)32-17-12(20)5-4-6-13(17)21/h4-6,10,14H,3,7-9H2,1-2H3,(H,23,29). The van der Waals surface area contributed by atoms with Crippen molar-refractivity contribution in [2.75, 3.05) is 6.61 Å². The molecule has 0 spiro atoms. The van der Waals surface area contributed by atoms with Gasteiger partial charge in [-0.1, -0.05) is 36.2 Å². The smallest absolute Gasteiger partial charge is 0.407 e. The summed E-state index contributed by atoms with van der Waals surface area (Å²) in [6, 6.07) is 4.42. The van der Waals surface area contributed by atoms with Crippen molar-refractivity contribution in [1.29, 1.82) is 0 Å². The number of nitrogens with one attached hydrogen (secondary N) is 1. The summed E-state index contributed by atoms with van der Waals surface area (Å²) in [5.41, 5.74) is 2.68. The second-order valence-electron chi connectivity index (χ2n) is 6.57. The quantitative estimate of drug-likeness (QED) is 0.428. The van der Waals surface area contributed by atoms with Crippen LogP contribution in [0.3, 0.4) is 0 Å². The lowest BCUT2D eigenvalue weighted by Gasteiger charge is -2.15. The van der Waals surface area contributed by atoms with Gasteiger partial charge >= 0.3 is 6.09 Å². The van der Waals surface area contributed by atoms with E-state index in [4.69, 9.17) is 27.9 Å². The number of tetrazole rings is 1. The molecule has 0 saturated heterocycles. The molecule has 1 atom stereocenters. The number of amides is 1. The van der Waals surface area contributed by atoms with E-state index < -0.39 is 12.1 Å². The van der Waals surface area contributed by atoms with Crippen LogP contribution in [0.25, 0.3) is 0 Å². The molecule has 0 aliphatic carbocycles. The van der Waals surface area contributed by atoms with Crippen LogP contribution < -0.4 is 5.32 Å². The lowest BCUT2D eigenvalue weighted by molar-refractivity contribution is -0.122. The molecule has 2 aromatic heterocycles. The molecule has 0 saturated carbocycles. The molecule has 1 amide bonds. The van der Waals surface area contributed by atoms with E-state index >= 15 is 0 Å². The third-order valence-electron chi connectivity index (χ3n) is 4.34. The highest BCUT2D eigenvalue weighted by molar-refractivity contribution is 7.99. The van der Waals surface area contributed by atoms with Gasteiger partial charge in [0.25, 0.3) is 0 Å². The number of ketones is 1. The van der Waals surface area contributed by atoms with E-state index in [-0.39, 0.29) is 18.9 Å². The summed E-state index contributed by atoms with van der Waals surface area (Å²) in [4.78, 5) is 31.7. The number of carbonyl (C=O) groups is 2. The first kappa shape index (κ1) is 24.4. The van der Waals surface area contributed by atoms with Gasteiger partial charge in [0.2, 0.25) is 5.16 Å². The second-order valence-corrected chi connectivity index (χ2v) is 9.30. The third-order valence-corrected chi connectivity index (χ3v) is 7.18. The first-order valence-corrected chi connectivity index (χ1v) is 12.1. The predicted molar refractivity (Wildman–Crippen MR) is 123 cm³/mol. The van der Waals surface area contributed by atoms with Crippen LogP contribution in [0.4, 0.5) is 4.79 Å². The molecule has 170 valence electrons. The van der Waals surface area contributed by atoms with E-state index in [0.717, 1.165) is 27.1 Å². The molecule has 0 aliphatic rings. The minimum atomic E-state index is -0.729. The highest BCUT2D eigenvalue weighted by atomic mass is 35.5. The van der Waals surface area contributed by atoms with Crippen LogP contribution in [0, 0.1) is 6.92 Å². The number of rotatable bonds is 10. The molecule has 32 heavy (non-hydrogen) atoms. The number of aromatic nitrogens is 5. The van der Waals surface area contributed by atoms with Crippen molar-refractivity contribution >= 4 is 58.2 Å². The SMILES string of the molecule is CCC(NC(=O)OCCc1scnc1C)C(=O)Cn1nnc(Sc2c(Cl)cccc2Cl)n1. The maximum absolute atomic E-state index is 12.6. The molecule has 3 aromatic rings. The fourth-order valence-corrected chi connectivity index (χ4v) is 4.77. The molecular weight excluding hydrogens is 495 g/mol. The maximum Gasteiger partial charge on any atom is 0.407 e. The van der Waals surface area contributed by atoms with Gasteiger partial charge in [-0.15, -0.1) is 21.5 Å². The Morgan fingerprint density at radius 1 is 1.31 bits per heavy atom. The molecular formula is C19H20Cl2N6O3S2. The van der Waals surface area contributed by atoms with E-state index in [1.807, 2.05) is 6.92 Å². The zero-order valence-corrected chi connectivity index (χ0v) is 20.4. The van der Waals surface area contributed by atoms with E-state index in [9.17, 15) is 9.59 Å². The Labute approximate surface area is 202 Å². The van der Waals surface area contributed by atoms with E-state index in [1.165, 1.54) is 11.3 Å². The van der Waals surface area contributed by atoms with Crippen LogP contribution >= 0.6 is 46.3 Å². The molecule has 0 bridgehead atoms. The van der Waals surface area contributed by atoms with Crippen LogP contribution in [0.2, 0.25) is 10.0 Å². The van der Waals surface area contributed by atoms with Gasteiger partial charge in [0.1, 0.15) is 6.54 Å². The predicted octanol–water partition coefficient (Wildman–Crippen LogP) is 4.21. The van der Waals surface area contributed by atoms with Crippen molar-refractivity contribution in [3.05, 3.63) is 44.3 Å². The van der Waals surface area contributed by atoms with Crippen molar-refractivity contribution in [3.63, 3.8) is 0 Å². The molecule has 3 rings (SSSR count). The Balaban J connectivity index is 1.50. The van der Waals surface area contributed by atoms with E-state index in [1.54, 1.807) is 30.6 Å². The molecule has 1 N–H and O–H groups in total. The number of aryl methyl sites for hydroxylation is 1. The fraction of sp³-hybridized carbons (Fsp3) is 0.368. The summed E-state index contributed by atoms with van der Waals surface area (Å²) in [6.45, 7) is 3.75. The average Bonchev–Trinajstić information content (AvgIpc) is 3.37. The zero-order chi connectivity index (χ0) is 23.1. The Hall–Kier alpha value is -2.21. The van der Waals surface area contributed by atoms with Crippen LogP contribution in [0.5, 0.6) is 0 Å². The number of thiazole rings is 1. The van der Waals surface area contributed by atoms with Crippen molar-refractivity contribution in [2.24, 2.45) is 0 Å². The molecule has 2 heterocycles. The van der Waals surface area contributed by atoms with Crippen molar-refractivity contribution < 1.29 is 14.3 Å². The summed E-state index contributed by atoms with van der Waals surface area (Å²) in [5.74, 6) is -0.271. The number of carbonyl (C=O) groups excluding carboxylic acids is 2. The van der Waals surface area contributed by atoms with Gasteiger partial charge in [-0.05, 0) is 42.5 Å². The van der Waals surface area contributed by atoms with E-state index in [0.29, 0.717) is 32.9 Å². The Bertz CT molecular complexity index is 1070. The summed E-state index contributed by atoms with van der Waals surface area (Å²) in [6.07, 6.45) is 0.324. The van der Waals surface area contributed by atoms with Gasteiger partial charge in [0.05, 0.1) is 38.8 Å². The highest BCUT2D eigenvalue weighted by Crippen LogP contribution is 2.36.